The molecule has 2 heterocycles. The lowest BCUT2D eigenvalue weighted by atomic mass is 10.1. The Morgan fingerprint density at radius 1 is 1.32 bits per heavy atom. The Hall–Kier alpha value is -2.15. The Bertz CT molecular complexity index is 677. The van der Waals surface area contributed by atoms with E-state index in [2.05, 4.69) is 31.2 Å². The summed E-state index contributed by atoms with van der Waals surface area (Å²) in [5.41, 5.74) is 1.12. The molecule has 114 valence electrons. The van der Waals surface area contributed by atoms with Crippen LogP contribution in [-0.2, 0) is 4.74 Å². The second-order valence-corrected chi connectivity index (χ2v) is 5.84. The molecule has 0 spiro atoms. The molecule has 0 aliphatic carbocycles. The lowest BCUT2D eigenvalue weighted by Crippen LogP contribution is -2.25. The number of halogens is 1. The third-order valence-electron chi connectivity index (χ3n) is 3.39. The van der Waals surface area contributed by atoms with Crippen LogP contribution in [0, 0.1) is 0 Å². The fourth-order valence-corrected chi connectivity index (χ4v) is 2.46. The highest BCUT2D eigenvalue weighted by atomic mass is 79.9. The fraction of sp³-hybridized carbons (Fsp3) is 0.267. The summed E-state index contributed by atoms with van der Waals surface area (Å²) in [6, 6.07) is 9.79. The van der Waals surface area contributed by atoms with Gasteiger partial charge in [-0.25, -0.2) is 9.78 Å². The van der Waals surface area contributed by atoms with E-state index in [4.69, 9.17) is 4.74 Å². The van der Waals surface area contributed by atoms with E-state index in [9.17, 15) is 4.79 Å². The molecular weight excluding hydrogens is 348 g/mol. The number of carbonyl (C=O) groups is 1. The van der Waals surface area contributed by atoms with Gasteiger partial charge in [-0.05, 0) is 30.7 Å². The number of nitrogens with zero attached hydrogens (tertiary/aromatic N) is 3. The minimum atomic E-state index is -0.370. The highest BCUT2D eigenvalue weighted by molar-refractivity contribution is 9.10. The number of carbonyl (C=O) groups excluding carboxylic acids is 1. The first-order chi connectivity index (χ1) is 10.6. The average molecular weight is 363 g/mol. The first kappa shape index (κ1) is 14.8. The molecule has 0 bridgehead atoms. The normalized spacial score (nSPS) is 15.5. The summed E-state index contributed by atoms with van der Waals surface area (Å²) in [4.78, 5) is 21.7. The van der Waals surface area contributed by atoms with E-state index in [1.807, 2.05) is 31.2 Å². The molecule has 22 heavy (non-hydrogen) atoms. The van der Waals surface area contributed by atoms with Crippen LogP contribution in [0.2, 0.25) is 0 Å². The summed E-state index contributed by atoms with van der Waals surface area (Å²) in [5, 5.41) is 3.24. The zero-order chi connectivity index (χ0) is 15.5. The number of nitrogens with one attached hydrogen (secondary N) is 1. The molecular formula is C15H15BrN4O2. The second kappa shape index (κ2) is 6.31. The van der Waals surface area contributed by atoms with Crippen molar-refractivity contribution in [2.24, 2.45) is 0 Å². The Balaban J connectivity index is 1.75. The molecule has 1 unspecified atom stereocenters. The molecule has 1 aromatic heterocycles. The van der Waals surface area contributed by atoms with Crippen molar-refractivity contribution in [3.8, 4) is 0 Å². The number of benzene rings is 1. The molecule has 1 N–H and O–H groups in total. The van der Waals surface area contributed by atoms with Crippen molar-refractivity contribution < 1.29 is 9.53 Å². The molecule has 1 fully saturated rings. The summed E-state index contributed by atoms with van der Waals surface area (Å²) in [5.74, 6) is 1.02. The van der Waals surface area contributed by atoms with Crippen molar-refractivity contribution in [2.45, 2.75) is 13.0 Å². The Labute approximate surface area is 136 Å². The van der Waals surface area contributed by atoms with Gasteiger partial charge in [0.1, 0.15) is 12.4 Å². The van der Waals surface area contributed by atoms with Gasteiger partial charge in [0.05, 0.1) is 12.6 Å². The summed E-state index contributed by atoms with van der Waals surface area (Å²) in [7, 11) is 0. The zero-order valence-corrected chi connectivity index (χ0v) is 13.6. The molecule has 1 atom stereocenters. The van der Waals surface area contributed by atoms with Gasteiger partial charge in [-0.3, -0.25) is 4.90 Å². The Morgan fingerprint density at radius 3 is 2.77 bits per heavy atom. The fourth-order valence-electron chi connectivity index (χ4n) is 2.20. The van der Waals surface area contributed by atoms with Crippen molar-refractivity contribution >= 4 is 33.8 Å². The van der Waals surface area contributed by atoms with Crippen molar-refractivity contribution in [2.75, 3.05) is 23.4 Å². The predicted octanol–water partition coefficient (Wildman–Crippen LogP) is 3.37. The molecule has 1 saturated heterocycles. The monoisotopic (exact) mass is 362 g/mol. The van der Waals surface area contributed by atoms with Gasteiger partial charge in [0.2, 0.25) is 5.95 Å². The van der Waals surface area contributed by atoms with Gasteiger partial charge < -0.3 is 10.1 Å². The van der Waals surface area contributed by atoms with Crippen molar-refractivity contribution in [1.29, 1.82) is 0 Å². The van der Waals surface area contributed by atoms with Gasteiger partial charge in [-0.15, -0.1) is 0 Å². The van der Waals surface area contributed by atoms with E-state index in [0.717, 1.165) is 10.0 Å². The SMILES string of the molecule is CC(Nc1nccc(N2CCOC2=O)n1)c1ccc(Br)cc1. The molecule has 7 heteroatoms. The van der Waals surface area contributed by atoms with E-state index in [0.29, 0.717) is 24.9 Å². The number of aromatic nitrogens is 2. The van der Waals surface area contributed by atoms with Crippen LogP contribution in [0.4, 0.5) is 16.6 Å². The van der Waals surface area contributed by atoms with Crippen LogP contribution < -0.4 is 10.2 Å². The molecule has 1 amide bonds. The number of hydrogen-bond acceptors (Lipinski definition) is 5. The van der Waals surface area contributed by atoms with Crippen LogP contribution in [0.25, 0.3) is 0 Å². The minimum Gasteiger partial charge on any atom is -0.447 e. The zero-order valence-electron chi connectivity index (χ0n) is 12.0. The summed E-state index contributed by atoms with van der Waals surface area (Å²) in [6.07, 6.45) is 1.26. The quantitative estimate of drug-likeness (QED) is 0.902. The molecule has 1 aliphatic rings. The number of ether oxygens (including phenoxy) is 1. The van der Waals surface area contributed by atoms with E-state index < -0.39 is 0 Å². The molecule has 0 saturated carbocycles. The minimum absolute atomic E-state index is 0.0499. The maximum atomic E-state index is 11.6. The van der Waals surface area contributed by atoms with Gasteiger partial charge in [0, 0.05) is 10.7 Å². The predicted molar refractivity (Wildman–Crippen MR) is 86.9 cm³/mol. The lowest BCUT2D eigenvalue weighted by Gasteiger charge is -2.16. The number of anilines is 2. The maximum absolute atomic E-state index is 11.6. The van der Waals surface area contributed by atoms with Crippen molar-refractivity contribution in [3.63, 3.8) is 0 Å². The van der Waals surface area contributed by atoms with Crippen LogP contribution >= 0.6 is 15.9 Å². The molecule has 3 rings (SSSR count). The van der Waals surface area contributed by atoms with E-state index in [-0.39, 0.29) is 12.1 Å². The van der Waals surface area contributed by atoms with E-state index >= 15 is 0 Å². The van der Waals surface area contributed by atoms with E-state index in [1.165, 1.54) is 4.90 Å². The number of hydrogen-bond donors (Lipinski definition) is 1. The van der Waals surface area contributed by atoms with Crippen molar-refractivity contribution in [3.05, 3.63) is 46.6 Å². The smallest absolute Gasteiger partial charge is 0.415 e. The number of rotatable bonds is 4. The molecule has 1 aromatic carbocycles. The van der Waals surface area contributed by atoms with Crippen LogP contribution in [0.3, 0.4) is 0 Å². The topological polar surface area (TPSA) is 67.3 Å². The first-order valence-corrected chi connectivity index (χ1v) is 7.72. The first-order valence-electron chi connectivity index (χ1n) is 6.93. The Morgan fingerprint density at radius 2 is 2.09 bits per heavy atom. The lowest BCUT2D eigenvalue weighted by molar-refractivity contribution is 0.181. The summed E-state index contributed by atoms with van der Waals surface area (Å²) >= 11 is 3.42. The largest absolute Gasteiger partial charge is 0.447 e. The van der Waals surface area contributed by atoms with Crippen LogP contribution in [-0.4, -0.2) is 29.2 Å². The van der Waals surface area contributed by atoms with Crippen LogP contribution in [0.1, 0.15) is 18.5 Å². The maximum Gasteiger partial charge on any atom is 0.415 e. The van der Waals surface area contributed by atoms with E-state index in [1.54, 1.807) is 12.3 Å². The molecule has 6 nitrogen and oxygen atoms in total. The standard InChI is InChI=1S/C15H15BrN4O2/c1-10(11-2-4-12(16)5-3-11)18-14-17-7-6-13(19-14)20-8-9-22-15(20)21/h2-7,10H,8-9H2,1H3,(H,17,18,19). The number of amides is 1. The van der Waals surface area contributed by atoms with Crippen LogP contribution in [0.5, 0.6) is 0 Å². The summed E-state index contributed by atoms with van der Waals surface area (Å²) < 4.78 is 5.96. The third kappa shape index (κ3) is 3.19. The molecule has 1 aliphatic heterocycles. The third-order valence-corrected chi connectivity index (χ3v) is 3.92. The number of cyclic esters (lactones) is 1. The Kier molecular flexibility index (Phi) is 4.24. The average Bonchev–Trinajstić information content (AvgIpc) is 2.94. The highest BCUT2D eigenvalue weighted by Gasteiger charge is 2.25. The molecule has 2 aromatic rings. The van der Waals surface area contributed by atoms with Gasteiger partial charge in [-0.1, -0.05) is 28.1 Å². The van der Waals surface area contributed by atoms with Crippen molar-refractivity contribution in [1.82, 2.24) is 9.97 Å². The van der Waals surface area contributed by atoms with Gasteiger partial charge >= 0.3 is 6.09 Å². The van der Waals surface area contributed by atoms with Gasteiger partial charge in [-0.2, -0.15) is 4.98 Å². The molecule has 0 radical (unpaired) electrons. The van der Waals surface area contributed by atoms with Gasteiger partial charge in [0.15, 0.2) is 0 Å². The highest BCUT2D eigenvalue weighted by Crippen LogP contribution is 2.21. The van der Waals surface area contributed by atoms with Gasteiger partial charge in [0.25, 0.3) is 0 Å². The van der Waals surface area contributed by atoms with Crippen LogP contribution in [0.15, 0.2) is 41.0 Å². The second-order valence-electron chi connectivity index (χ2n) is 4.92. The summed E-state index contributed by atoms with van der Waals surface area (Å²) in [6.45, 7) is 2.93.